The van der Waals surface area contributed by atoms with Crippen molar-refractivity contribution in [3.63, 3.8) is 0 Å². The fourth-order valence-corrected chi connectivity index (χ4v) is 3.11. The molecule has 1 aliphatic rings. The lowest BCUT2D eigenvalue weighted by molar-refractivity contribution is 0.0937. The van der Waals surface area contributed by atoms with Gasteiger partial charge in [0.15, 0.2) is 0 Å². The Labute approximate surface area is 144 Å². The quantitative estimate of drug-likeness (QED) is 0.743. The number of hydrogen-bond donors (Lipinski definition) is 1. The van der Waals surface area contributed by atoms with Crippen LogP contribution in [0, 0.1) is 0 Å². The third kappa shape index (κ3) is 3.10. The summed E-state index contributed by atoms with van der Waals surface area (Å²) in [6.07, 6.45) is 2.56. The van der Waals surface area contributed by atoms with Crippen molar-refractivity contribution in [2.24, 2.45) is 0 Å². The maximum absolute atomic E-state index is 12.5. The second-order valence-electron chi connectivity index (χ2n) is 6.08. The molecule has 2 aromatic heterocycles. The number of hydrogen-bond acceptors (Lipinski definition) is 5. The molecule has 0 saturated carbocycles. The van der Waals surface area contributed by atoms with Gasteiger partial charge in [-0.3, -0.25) is 4.79 Å². The highest BCUT2D eigenvalue weighted by Crippen LogP contribution is 2.18. The molecule has 25 heavy (non-hydrogen) atoms. The molecular weight excluding hydrogens is 318 g/mol. The van der Waals surface area contributed by atoms with Crippen LogP contribution in [0.1, 0.15) is 16.8 Å². The summed E-state index contributed by atoms with van der Waals surface area (Å²) >= 11 is 0. The SMILES string of the molecule is O=C(NC1CCN(c2ccccn2)C1)c1cc2ccccc2oc1=O. The van der Waals surface area contributed by atoms with E-state index in [9.17, 15) is 9.59 Å². The van der Waals surface area contributed by atoms with Crippen LogP contribution in [0.2, 0.25) is 0 Å². The Hall–Kier alpha value is -3.15. The molecule has 1 fully saturated rings. The number of fused-ring (bicyclic) bond motifs is 1. The molecule has 0 radical (unpaired) electrons. The van der Waals surface area contributed by atoms with Crippen LogP contribution in [0.15, 0.2) is 63.9 Å². The zero-order valence-electron chi connectivity index (χ0n) is 13.5. The minimum absolute atomic E-state index is 0.0274. The highest BCUT2D eigenvalue weighted by Gasteiger charge is 2.26. The number of rotatable bonds is 3. The van der Waals surface area contributed by atoms with E-state index in [-0.39, 0.29) is 11.6 Å². The first-order valence-corrected chi connectivity index (χ1v) is 8.20. The number of aromatic nitrogens is 1. The molecule has 3 heterocycles. The Morgan fingerprint density at radius 2 is 2.04 bits per heavy atom. The van der Waals surface area contributed by atoms with Crippen LogP contribution in [-0.4, -0.2) is 30.0 Å². The number of carbonyl (C=O) groups is 1. The van der Waals surface area contributed by atoms with Crippen molar-refractivity contribution < 1.29 is 9.21 Å². The van der Waals surface area contributed by atoms with Gasteiger partial charge in [0.25, 0.3) is 5.91 Å². The highest BCUT2D eigenvalue weighted by molar-refractivity contribution is 5.96. The third-order valence-electron chi connectivity index (χ3n) is 4.38. The average Bonchev–Trinajstić information content (AvgIpc) is 3.10. The van der Waals surface area contributed by atoms with E-state index in [0.717, 1.165) is 24.2 Å². The average molecular weight is 335 g/mol. The molecule has 0 bridgehead atoms. The van der Waals surface area contributed by atoms with Gasteiger partial charge in [-0.2, -0.15) is 0 Å². The lowest BCUT2D eigenvalue weighted by atomic mass is 10.1. The molecule has 126 valence electrons. The number of nitrogens with one attached hydrogen (secondary N) is 1. The van der Waals surface area contributed by atoms with Gasteiger partial charge in [-0.25, -0.2) is 9.78 Å². The van der Waals surface area contributed by atoms with E-state index in [0.29, 0.717) is 12.1 Å². The molecule has 6 nitrogen and oxygen atoms in total. The Balaban J connectivity index is 1.49. The lowest BCUT2D eigenvalue weighted by Crippen LogP contribution is -2.39. The van der Waals surface area contributed by atoms with E-state index < -0.39 is 11.5 Å². The first-order valence-electron chi connectivity index (χ1n) is 8.20. The molecule has 1 N–H and O–H groups in total. The van der Waals surface area contributed by atoms with Crippen LogP contribution in [0.5, 0.6) is 0 Å². The fraction of sp³-hybridized carbons (Fsp3) is 0.211. The topological polar surface area (TPSA) is 75.4 Å². The number of carbonyl (C=O) groups excluding carboxylic acids is 1. The number of pyridine rings is 1. The summed E-state index contributed by atoms with van der Waals surface area (Å²) < 4.78 is 5.23. The predicted octanol–water partition coefficient (Wildman–Crippen LogP) is 2.20. The van der Waals surface area contributed by atoms with Crippen molar-refractivity contribution in [2.45, 2.75) is 12.5 Å². The predicted molar refractivity (Wildman–Crippen MR) is 94.8 cm³/mol. The van der Waals surface area contributed by atoms with Crippen LogP contribution < -0.4 is 15.8 Å². The minimum Gasteiger partial charge on any atom is -0.422 e. The van der Waals surface area contributed by atoms with Crippen LogP contribution in [0.3, 0.4) is 0 Å². The molecule has 4 rings (SSSR count). The van der Waals surface area contributed by atoms with Crippen LogP contribution >= 0.6 is 0 Å². The van der Waals surface area contributed by atoms with Crippen molar-refractivity contribution in [1.29, 1.82) is 0 Å². The zero-order valence-corrected chi connectivity index (χ0v) is 13.5. The van der Waals surface area contributed by atoms with E-state index in [1.165, 1.54) is 0 Å². The lowest BCUT2D eigenvalue weighted by Gasteiger charge is -2.17. The smallest absolute Gasteiger partial charge is 0.349 e. The van der Waals surface area contributed by atoms with Crippen molar-refractivity contribution >= 4 is 22.7 Å². The molecule has 3 aromatic rings. The van der Waals surface area contributed by atoms with Crippen LogP contribution in [0.25, 0.3) is 11.0 Å². The second-order valence-corrected chi connectivity index (χ2v) is 6.08. The maximum atomic E-state index is 12.5. The van der Waals surface area contributed by atoms with Gasteiger partial charge in [0.05, 0.1) is 0 Å². The molecule has 1 saturated heterocycles. The van der Waals surface area contributed by atoms with E-state index in [1.807, 2.05) is 30.3 Å². The van der Waals surface area contributed by atoms with Crippen LogP contribution in [0.4, 0.5) is 5.82 Å². The van der Waals surface area contributed by atoms with E-state index >= 15 is 0 Å². The van der Waals surface area contributed by atoms with E-state index in [4.69, 9.17) is 4.42 Å². The normalized spacial score (nSPS) is 17.0. The summed E-state index contributed by atoms with van der Waals surface area (Å²) in [5.41, 5.74) is -0.1000. The monoisotopic (exact) mass is 335 g/mol. The van der Waals surface area contributed by atoms with Gasteiger partial charge in [0, 0.05) is 30.7 Å². The summed E-state index contributed by atoms with van der Waals surface area (Å²) in [6.45, 7) is 1.48. The Morgan fingerprint density at radius 3 is 2.88 bits per heavy atom. The molecule has 0 spiro atoms. The fourth-order valence-electron chi connectivity index (χ4n) is 3.11. The minimum atomic E-state index is -0.615. The number of benzene rings is 1. The number of para-hydroxylation sites is 1. The van der Waals surface area contributed by atoms with Gasteiger partial charge in [0.2, 0.25) is 0 Å². The first kappa shape index (κ1) is 15.4. The second kappa shape index (κ2) is 6.39. The largest absolute Gasteiger partial charge is 0.422 e. The molecular formula is C19H17N3O3. The third-order valence-corrected chi connectivity index (χ3v) is 4.38. The molecule has 1 aliphatic heterocycles. The van der Waals surface area contributed by atoms with E-state index in [2.05, 4.69) is 15.2 Å². The van der Waals surface area contributed by atoms with Crippen molar-refractivity contribution in [3.05, 3.63) is 70.7 Å². The van der Waals surface area contributed by atoms with Gasteiger partial charge < -0.3 is 14.6 Å². The zero-order chi connectivity index (χ0) is 17.2. The summed E-state index contributed by atoms with van der Waals surface area (Å²) in [5.74, 6) is 0.497. The number of amides is 1. The Morgan fingerprint density at radius 1 is 1.20 bits per heavy atom. The molecule has 6 heteroatoms. The van der Waals surface area contributed by atoms with Crippen LogP contribution in [-0.2, 0) is 0 Å². The first-order chi connectivity index (χ1) is 12.2. The molecule has 1 amide bonds. The van der Waals surface area contributed by atoms with Crippen molar-refractivity contribution in [3.8, 4) is 0 Å². The Bertz CT molecular complexity index is 968. The van der Waals surface area contributed by atoms with Crippen molar-refractivity contribution in [2.75, 3.05) is 18.0 Å². The van der Waals surface area contributed by atoms with Gasteiger partial charge >= 0.3 is 5.63 Å². The van der Waals surface area contributed by atoms with Gasteiger partial charge in [-0.1, -0.05) is 24.3 Å². The summed E-state index contributed by atoms with van der Waals surface area (Å²) in [4.78, 5) is 31.0. The highest BCUT2D eigenvalue weighted by atomic mass is 16.4. The molecule has 0 aliphatic carbocycles. The molecule has 1 unspecified atom stereocenters. The standard InChI is InChI=1S/C19H17N3O3/c23-18(15-11-13-5-1-2-6-16(13)25-19(15)24)21-14-8-10-22(12-14)17-7-3-4-9-20-17/h1-7,9,11,14H,8,10,12H2,(H,21,23). The van der Waals surface area contributed by atoms with Gasteiger partial charge in [0.1, 0.15) is 17.0 Å². The van der Waals surface area contributed by atoms with E-state index in [1.54, 1.807) is 24.4 Å². The van der Waals surface area contributed by atoms with Gasteiger partial charge in [-0.15, -0.1) is 0 Å². The van der Waals surface area contributed by atoms with Gasteiger partial charge in [-0.05, 0) is 30.7 Å². The number of nitrogens with zero attached hydrogens (tertiary/aromatic N) is 2. The summed E-state index contributed by atoms with van der Waals surface area (Å²) in [7, 11) is 0. The summed E-state index contributed by atoms with van der Waals surface area (Å²) in [5, 5.41) is 3.66. The number of anilines is 1. The summed E-state index contributed by atoms with van der Waals surface area (Å²) in [6, 6.07) is 14.5. The Kier molecular flexibility index (Phi) is 3.93. The molecule has 1 aromatic carbocycles. The maximum Gasteiger partial charge on any atom is 0.349 e. The van der Waals surface area contributed by atoms with Crippen molar-refractivity contribution in [1.82, 2.24) is 10.3 Å². The molecule has 1 atom stereocenters.